The van der Waals surface area contributed by atoms with Crippen LogP contribution in [0.2, 0.25) is 0 Å². The van der Waals surface area contributed by atoms with E-state index in [1.165, 1.54) is 0 Å². The number of methoxy groups -OCH3 is 2. The average molecular weight is 402 g/mol. The third-order valence-corrected chi connectivity index (χ3v) is 6.15. The third kappa shape index (κ3) is 3.90. The molecule has 1 aliphatic carbocycles. The molecule has 0 aliphatic heterocycles. The van der Waals surface area contributed by atoms with Gasteiger partial charge < -0.3 is 14.8 Å². The van der Waals surface area contributed by atoms with Gasteiger partial charge in [-0.3, -0.25) is 4.79 Å². The summed E-state index contributed by atoms with van der Waals surface area (Å²) in [5, 5.41) is 3.15. The monoisotopic (exact) mass is 401 g/mol. The number of para-hydroxylation sites is 1. The summed E-state index contributed by atoms with van der Waals surface area (Å²) in [6.07, 6.45) is 2.46. The number of benzene rings is 3. The molecule has 0 unspecified atom stereocenters. The van der Waals surface area contributed by atoms with Gasteiger partial charge in [0.25, 0.3) is 0 Å². The Balaban J connectivity index is 1.68. The lowest BCUT2D eigenvalue weighted by atomic mass is 9.76. The Morgan fingerprint density at radius 2 is 1.50 bits per heavy atom. The Bertz CT molecular complexity index is 981. The highest BCUT2D eigenvalue weighted by atomic mass is 16.5. The molecule has 1 amide bonds. The van der Waals surface area contributed by atoms with E-state index in [0.717, 1.165) is 47.6 Å². The summed E-state index contributed by atoms with van der Waals surface area (Å²) in [5.41, 5.74) is 2.47. The molecule has 3 aromatic rings. The lowest BCUT2D eigenvalue weighted by Crippen LogP contribution is -2.38. The second-order valence-electron chi connectivity index (χ2n) is 7.85. The molecule has 4 nitrogen and oxygen atoms in total. The van der Waals surface area contributed by atoms with Crippen LogP contribution in [0.3, 0.4) is 0 Å². The van der Waals surface area contributed by atoms with Gasteiger partial charge in [-0.15, -0.1) is 0 Å². The van der Waals surface area contributed by atoms with E-state index in [2.05, 4.69) is 29.6 Å². The Hall–Kier alpha value is -3.27. The largest absolute Gasteiger partial charge is 0.497 e. The number of hydrogen-bond acceptors (Lipinski definition) is 3. The number of anilines is 1. The molecule has 0 radical (unpaired) electrons. The standard InChI is InChI=1S/C26H27NO3/c1-29-23-15-20(16-24(17-23)30-2)19-13-14-26(18-19,21-9-5-3-6-10-21)25(28)27-22-11-7-4-8-12-22/h3-12,15-17,19H,13-14,18H2,1-2H3,(H,27,28)/t19-,26+/m1/s1. The van der Waals surface area contributed by atoms with Crippen LogP contribution in [0.4, 0.5) is 5.69 Å². The molecule has 4 rings (SSSR count). The van der Waals surface area contributed by atoms with E-state index in [1.807, 2.05) is 54.6 Å². The van der Waals surface area contributed by atoms with Gasteiger partial charge in [0.2, 0.25) is 5.91 Å². The number of hydrogen-bond donors (Lipinski definition) is 1. The van der Waals surface area contributed by atoms with Crippen LogP contribution in [0.25, 0.3) is 0 Å². The van der Waals surface area contributed by atoms with Gasteiger partial charge in [-0.2, -0.15) is 0 Å². The molecule has 1 N–H and O–H groups in total. The Kier molecular flexibility index (Phi) is 5.75. The van der Waals surface area contributed by atoms with E-state index in [-0.39, 0.29) is 11.8 Å². The summed E-state index contributed by atoms with van der Waals surface area (Å²) in [5.74, 6) is 1.85. The van der Waals surface area contributed by atoms with E-state index in [4.69, 9.17) is 9.47 Å². The van der Waals surface area contributed by atoms with Gasteiger partial charge in [0.15, 0.2) is 0 Å². The molecule has 0 bridgehead atoms. The quantitative estimate of drug-likeness (QED) is 0.589. The van der Waals surface area contributed by atoms with Crippen molar-refractivity contribution in [1.82, 2.24) is 0 Å². The van der Waals surface area contributed by atoms with Crippen molar-refractivity contribution in [3.8, 4) is 11.5 Å². The first-order valence-corrected chi connectivity index (χ1v) is 10.3. The zero-order valence-corrected chi connectivity index (χ0v) is 17.4. The maximum absolute atomic E-state index is 13.6. The van der Waals surface area contributed by atoms with Crippen LogP contribution in [0.15, 0.2) is 78.9 Å². The maximum Gasteiger partial charge on any atom is 0.235 e. The second-order valence-corrected chi connectivity index (χ2v) is 7.85. The van der Waals surface area contributed by atoms with Crippen molar-refractivity contribution in [2.24, 2.45) is 0 Å². The number of carbonyl (C=O) groups is 1. The van der Waals surface area contributed by atoms with E-state index >= 15 is 0 Å². The predicted molar refractivity (Wildman–Crippen MR) is 119 cm³/mol. The molecular formula is C26H27NO3. The summed E-state index contributed by atoms with van der Waals surface area (Å²) in [7, 11) is 3.32. The molecule has 2 atom stereocenters. The van der Waals surface area contributed by atoms with Crippen LogP contribution in [-0.2, 0) is 10.2 Å². The van der Waals surface area contributed by atoms with Gasteiger partial charge in [0.05, 0.1) is 19.6 Å². The molecule has 1 saturated carbocycles. The Labute approximate surface area is 177 Å². The summed E-state index contributed by atoms with van der Waals surface area (Å²) in [4.78, 5) is 13.6. The molecule has 30 heavy (non-hydrogen) atoms. The minimum Gasteiger partial charge on any atom is -0.497 e. The van der Waals surface area contributed by atoms with Crippen LogP contribution >= 0.6 is 0 Å². The fourth-order valence-electron chi connectivity index (χ4n) is 4.52. The molecule has 0 spiro atoms. The van der Waals surface area contributed by atoms with Gasteiger partial charge in [-0.25, -0.2) is 0 Å². The molecular weight excluding hydrogens is 374 g/mol. The smallest absolute Gasteiger partial charge is 0.235 e. The van der Waals surface area contributed by atoms with Crippen LogP contribution in [0, 0.1) is 0 Å². The summed E-state index contributed by atoms with van der Waals surface area (Å²) in [6.45, 7) is 0. The molecule has 4 heteroatoms. The zero-order chi connectivity index (χ0) is 21.0. The van der Waals surface area contributed by atoms with Crippen molar-refractivity contribution < 1.29 is 14.3 Å². The van der Waals surface area contributed by atoms with Crippen molar-refractivity contribution in [3.05, 3.63) is 90.0 Å². The third-order valence-electron chi connectivity index (χ3n) is 6.15. The first kappa shape index (κ1) is 20.0. The number of amides is 1. The minimum atomic E-state index is -0.571. The van der Waals surface area contributed by atoms with E-state index in [0.29, 0.717) is 0 Å². The highest BCUT2D eigenvalue weighted by Crippen LogP contribution is 2.50. The van der Waals surface area contributed by atoms with Crippen LogP contribution in [0.1, 0.15) is 36.3 Å². The highest BCUT2D eigenvalue weighted by Gasteiger charge is 2.47. The van der Waals surface area contributed by atoms with Crippen molar-refractivity contribution >= 4 is 11.6 Å². The molecule has 0 saturated heterocycles. The van der Waals surface area contributed by atoms with E-state index in [1.54, 1.807) is 14.2 Å². The van der Waals surface area contributed by atoms with E-state index in [9.17, 15) is 4.79 Å². The second kappa shape index (κ2) is 8.62. The van der Waals surface area contributed by atoms with Gasteiger partial charge >= 0.3 is 0 Å². The SMILES string of the molecule is COc1cc(OC)cc([C@@H]2CC[C@@](C(=O)Nc3ccccc3)(c3ccccc3)C2)c1. The Morgan fingerprint density at radius 3 is 2.10 bits per heavy atom. The molecule has 1 fully saturated rings. The van der Waals surface area contributed by atoms with Gasteiger partial charge in [0.1, 0.15) is 11.5 Å². The van der Waals surface area contributed by atoms with E-state index < -0.39 is 5.41 Å². The number of ether oxygens (including phenoxy) is 2. The van der Waals surface area contributed by atoms with Crippen molar-refractivity contribution in [2.75, 3.05) is 19.5 Å². The number of nitrogens with one attached hydrogen (secondary N) is 1. The summed E-state index contributed by atoms with van der Waals surface area (Å²) >= 11 is 0. The molecule has 154 valence electrons. The summed E-state index contributed by atoms with van der Waals surface area (Å²) < 4.78 is 10.9. The molecule has 3 aromatic carbocycles. The molecule has 0 aromatic heterocycles. The Morgan fingerprint density at radius 1 is 0.900 bits per heavy atom. The van der Waals surface area contributed by atoms with Crippen molar-refractivity contribution in [1.29, 1.82) is 0 Å². The van der Waals surface area contributed by atoms with Gasteiger partial charge in [-0.05, 0) is 60.6 Å². The number of carbonyl (C=O) groups excluding carboxylic acids is 1. The lowest BCUT2D eigenvalue weighted by molar-refractivity contribution is -0.121. The maximum atomic E-state index is 13.6. The number of rotatable bonds is 6. The van der Waals surface area contributed by atoms with Crippen LogP contribution in [0.5, 0.6) is 11.5 Å². The van der Waals surface area contributed by atoms with Crippen LogP contribution in [-0.4, -0.2) is 20.1 Å². The first-order chi connectivity index (χ1) is 14.6. The zero-order valence-electron chi connectivity index (χ0n) is 17.4. The molecule has 0 heterocycles. The van der Waals surface area contributed by atoms with Gasteiger partial charge in [0, 0.05) is 11.8 Å². The summed E-state index contributed by atoms with van der Waals surface area (Å²) in [6, 6.07) is 25.8. The van der Waals surface area contributed by atoms with Gasteiger partial charge in [-0.1, -0.05) is 48.5 Å². The lowest BCUT2D eigenvalue weighted by Gasteiger charge is -2.29. The molecule has 1 aliphatic rings. The van der Waals surface area contributed by atoms with Crippen molar-refractivity contribution in [3.63, 3.8) is 0 Å². The fraction of sp³-hybridized carbons (Fsp3) is 0.269. The minimum absolute atomic E-state index is 0.0530. The first-order valence-electron chi connectivity index (χ1n) is 10.3. The topological polar surface area (TPSA) is 47.6 Å². The fourth-order valence-corrected chi connectivity index (χ4v) is 4.52. The van der Waals surface area contributed by atoms with Crippen molar-refractivity contribution in [2.45, 2.75) is 30.6 Å². The average Bonchev–Trinajstić information content (AvgIpc) is 3.27. The highest BCUT2D eigenvalue weighted by molar-refractivity contribution is 5.99. The van der Waals surface area contributed by atoms with Crippen LogP contribution < -0.4 is 14.8 Å². The normalized spacial score (nSPS) is 20.5. The predicted octanol–water partition coefficient (Wildman–Crippen LogP) is 5.55.